The molecule has 3 heterocycles. The minimum atomic E-state index is -1.06. The third kappa shape index (κ3) is 4.51. The molecule has 1 saturated carbocycles. The first kappa shape index (κ1) is 26.5. The Morgan fingerprint density at radius 3 is 2.66 bits per heavy atom. The van der Waals surface area contributed by atoms with Crippen LogP contribution in [0.5, 0.6) is 0 Å². The average molecular weight is 541 g/mol. The number of thiazole rings is 1. The molecule has 172 valence electrons. The SMILES string of the molecule is CSc1n[nH]c2cc(F)c(C)c(-c3ccc4nc(NC(=O)[C@@H]5C[C@@H]5F)sc4n3)c12.Cl.Cl.Cl. The molecule has 1 aliphatic carbocycles. The van der Waals surface area contributed by atoms with E-state index in [9.17, 15) is 13.6 Å². The van der Waals surface area contributed by atoms with E-state index in [1.165, 1.54) is 29.2 Å². The lowest BCUT2D eigenvalue weighted by Crippen LogP contribution is -2.14. The maximum Gasteiger partial charge on any atom is 0.232 e. The van der Waals surface area contributed by atoms with Gasteiger partial charge in [0.2, 0.25) is 5.91 Å². The number of H-pyrrole nitrogens is 1. The second kappa shape index (κ2) is 10.0. The number of carbonyl (C=O) groups excluding carboxylic acids is 1. The molecule has 4 aromatic rings. The van der Waals surface area contributed by atoms with Crippen molar-refractivity contribution in [1.82, 2.24) is 20.2 Å². The van der Waals surface area contributed by atoms with Crippen molar-refractivity contribution in [3.05, 3.63) is 29.6 Å². The van der Waals surface area contributed by atoms with Gasteiger partial charge in [0, 0.05) is 10.9 Å². The highest BCUT2D eigenvalue weighted by atomic mass is 35.5. The highest BCUT2D eigenvalue weighted by molar-refractivity contribution is 7.98. The van der Waals surface area contributed by atoms with Gasteiger partial charge in [-0.05, 0) is 43.4 Å². The molecule has 0 aliphatic heterocycles. The molecule has 0 spiro atoms. The Bertz CT molecular complexity index is 1300. The molecule has 2 N–H and O–H groups in total. The van der Waals surface area contributed by atoms with Crippen molar-refractivity contribution in [2.24, 2.45) is 5.92 Å². The Kier molecular flexibility index (Phi) is 8.33. The summed E-state index contributed by atoms with van der Waals surface area (Å²) in [4.78, 5) is 21.6. The lowest BCUT2D eigenvalue weighted by Gasteiger charge is -2.09. The van der Waals surface area contributed by atoms with Crippen molar-refractivity contribution in [3.63, 3.8) is 0 Å². The third-order valence-corrected chi connectivity index (χ3v) is 6.56. The van der Waals surface area contributed by atoms with Crippen LogP contribution in [0.15, 0.2) is 23.2 Å². The number of hydrogen-bond acceptors (Lipinski definition) is 6. The summed E-state index contributed by atoms with van der Waals surface area (Å²) in [5, 5.41) is 11.8. The number of benzene rings is 1. The van der Waals surface area contributed by atoms with E-state index in [0.29, 0.717) is 37.8 Å². The van der Waals surface area contributed by atoms with Crippen molar-refractivity contribution in [2.45, 2.75) is 24.5 Å². The standard InChI is InChI=1S/C19H15F2N5OS2.3ClH/c1-7-9(20)6-13-15(18(28-2)26-25-13)14(7)11-3-4-12-17(22-11)29-19(23-12)24-16(27)8-5-10(8)21;;;/h3-4,6,8,10H,5H2,1-2H3,(H,25,26)(H,23,24,27);3*1H/t8-,10+;;;/m1.../s1. The minimum Gasteiger partial charge on any atom is -0.302 e. The Morgan fingerprint density at radius 2 is 2.00 bits per heavy atom. The average Bonchev–Trinajstić information content (AvgIpc) is 3.10. The number of aromatic nitrogens is 4. The van der Waals surface area contributed by atoms with Gasteiger partial charge < -0.3 is 5.32 Å². The van der Waals surface area contributed by atoms with Gasteiger partial charge >= 0.3 is 0 Å². The summed E-state index contributed by atoms with van der Waals surface area (Å²) < 4.78 is 27.6. The third-order valence-electron chi connectivity index (χ3n) is 5.00. The number of halogens is 5. The van der Waals surface area contributed by atoms with E-state index in [4.69, 9.17) is 0 Å². The van der Waals surface area contributed by atoms with Crippen LogP contribution in [0.2, 0.25) is 0 Å². The van der Waals surface area contributed by atoms with Crippen LogP contribution in [0.1, 0.15) is 12.0 Å². The predicted molar refractivity (Wildman–Crippen MR) is 132 cm³/mol. The van der Waals surface area contributed by atoms with E-state index in [-0.39, 0.29) is 55.4 Å². The van der Waals surface area contributed by atoms with Crippen molar-refractivity contribution in [1.29, 1.82) is 0 Å². The number of pyridine rings is 1. The largest absolute Gasteiger partial charge is 0.302 e. The monoisotopic (exact) mass is 539 g/mol. The van der Waals surface area contributed by atoms with Gasteiger partial charge in [-0.2, -0.15) is 5.10 Å². The Hall–Kier alpha value is -1.72. The van der Waals surface area contributed by atoms with Crippen LogP contribution < -0.4 is 5.32 Å². The topological polar surface area (TPSA) is 83.6 Å². The first-order valence-electron chi connectivity index (χ1n) is 8.90. The van der Waals surface area contributed by atoms with Crippen molar-refractivity contribution >= 4 is 92.6 Å². The molecule has 1 aromatic carbocycles. The van der Waals surface area contributed by atoms with Crippen LogP contribution in [0.4, 0.5) is 13.9 Å². The number of fused-ring (bicyclic) bond motifs is 2. The molecule has 0 unspecified atom stereocenters. The van der Waals surface area contributed by atoms with Gasteiger partial charge in [-0.15, -0.1) is 49.0 Å². The van der Waals surface area contributed by atoms with Gasteiger partial charge in [0.25, 0.3) is 0 Å². The molecule has 13 heteroatoms. The number of amides is 1. The number of hydrogen-bond donors (Lipinski definition) is 2. The number of thioether (sulfide) groups is 1. The van der Waals surface area contributed by atoms with Gasteiger partial charge in [-0.3, -0.25) is 9.89 Å². The van der Waals surface area contributed by atoms with Crippen LogP contribution in [-0.4, -0.2) is 38.5 Å². The highest BCUT2D eigenvalue weighted by Crippen LogP contribution is 2.39. The summed E-state index contributed by atoms with van der Waals surface area (Å²) in [6, 6.07) is 5.01. The quantitative estimate of drug-likeness (QED) is 0.312. The van der Waals surface area contributed by atoms with Crippen molar-refractivity contribution in [3.8, 4) is 11.3 Å². The van der Waals surface area contributed by atoms with Crippen LogP contribution in [0, 0.1) is 18.7 Å². The first-order chi connectivity index (χ1) is 14.0. The zero-order valence-corrected chi connectivity index (χ0v) is 20.7. The fourth-order valence-corrected chi connectivity index (χ4v) is 4.73. The minimum absolute atomic E-state index is 0. The normalized spacial score (nSPS) is 16.8. The van der Waals surface area contributed by atoms with E-state index in [1.54, 1.807) is 19.1 Å². The number of alkyl halides is 1. The number of nitrogens with one attached hydrogen (secondary N) is 2. The molecule has 3 aromatic heterocycles. The maximum absolute atomic E-state index is 14.5. The summed E-state index contributed by atoms with van der Waals surface area (Å²) in [7, 11) is 0. The molecule has 0 saturated heterocycles. The summed E-state index contributed by atoms with van der Waals surface area (Å²) in [5.74, 6) is -1.28. The summed E-state index contributed by atoms with van der Waals surface area (Å²) in [6.07, 6.45) is 1.11. The highest BCUT2D eigenvalue weighted by Gasteiger charge is 2.43. The molecule has 2 atom stereocenters. The molecular formula is C19H18Cl3F2N5OS2. The first-order valence-corrected chi connectivity index (χ1v) is 10.9. The Labute approximate surface area is 208 Å². The van der Waals surface area contributed by atoms with Gasteiger partial charge in [0.1, 0.15) is 27.4 Å². The Balaban J connectivity index is 0.00000121. The number of nitrogens with zero attached hydrogens (tertiary/aromatic N) is 3. The molecule has 0 bridgehead atoms. The zero-order chi connectivity index (χ0) is 20.3. The van der Waals surface area contributed by atoms with Crippen LogP contribution in [0.25, 0.3) is 32.5 Å². The van der Waals surface area contributed by atoms with Crippen LogP contribution >= 0.6 is 60.3 Å². The molecule has 1 amide bonds. The van der Waals surface area contributed by atoms with E-state index in [1.807, 2.05) is 6.26 Å². The van der Waals surface area contributed by atoms with E-state index >= 15 is 0 Å². The second-order valence-electron chi connectivity index (χ2n) is 6.90. The van der Waals surface area contributed by atoms with Gasteiger partial charge in [0.15, 0.2) is 5.13 Å². The maximum atomic E-state index is 14.5. The smallest absolute Gasteiger partial charge is 0.232 e. The van der Waals surface area contributed by atoms with Gasteiger partial charge in [0.05, 0.1) is 17.1 Å². The molecular weight excluding hydrogens is 523 g/mol. The lowest BCUT2D eigenvalue weighted by atomic mass is 10.00. The molecule has 0 radical (unpaired) electrons. The fourth-order valence-electron chi connectivity index (χ4n) is 3.34. The second-order valence-corrected chi connectivity index (χ2v) is 8.67. The molecule has 5 rings (SSSR count). The molecule has 1 aliphatic rings. The molecule has 32 heavy (non-hydrogen) atoms. The Morgan fingerprint density at radius 1 is 1.28 bits per heavy atom. The number of carbonyl (C=O) groups is 1. The number of anilines is 1. The summed E-state index contributed by atoms with van der Waals surface area (Å²) >= 11 is 2.68. The number of aromatic amines is 1. The summed E-state index contributed by atoms with van der Waals surface area (Å²) in [5.41, 5.74) is 2.99. The van der Waals surface area contributed by atoms with Crippen molar-refractivity contribution < 1.29 is 13.6 Å². The number of rotatable bonds is 4. The fraction of sp³-hybridized carbons (Fsp3) is 0.263. The van der Waals surface area contributed by atoms with Crippen LogP contribution in [0.3, 0.4) is 0 Å². The summed E-state index contributed by atoms with van der Waals surface area (Å²) in [6.45, 7) is 1.72. The van der Waals surface area contributed by atoms with Gasteiger partial charge in [-0.1, -0.05) is 11.3 Å². The molecule has 1 fully saturated rings. The van der Waals surface area contributed by atoms with Crippen LogP contribution in [-0.2, 0) is 4.79 Å². The van der Waals surface area contributed by atoms with E-state index < -0.39 is 12.1 Å². The predicted octanol–water partition coefficient (Wildman–Crippen LogP) is 5.97. The zero-order valence-electron chi connectivity index (χ0n) is 16.6. The lowest BCUT2D eigenvalue weighted by molar-refractivity contribution is -0.117. The van der Waals surface area contributed by atoms with Gasteiger partial charge in [-0.25, -0.2) is 18.7 Å². The van der Waals surface area contributed by atoms with Crippen molar-refractivity contribution in [2.75, 3.05) is 11.6 Å². The van der Waals surface area contributed by atoms with E-state index in [0.717, 1.165) is 10.4 Å². The molecule has 6 nitrogen and oxygen atoms in total. The van der Waals surface area contributed by atoms with E-state index in [2.05, 4.69) is 25.5 Å².